The molecule has 0 aromatic rings. The van der Waals surface area contributed by atoms with E-state index in [1.165, 1.54) is 24.0 Å². The molecule has 2 saturated heterocycles. The van der Waals surface area contributed by atoms with E-state index in [1.807, 2.05) is 0 Å². The van der Waals surface area contributed by atoms with Gasteiger partial charge in [0, 0.05) is 49.1 Å². The van der Waals surface area contributed by atoms with Crippen LogP contribution in [0.4, 0.5) is 0 Å². The summed E-state index contributed by atoms with van der Waals surface area (Å²) >= 11 is 0. The second kappa shape index (κ2) is 8.74. The summed E-state index contributed by atoms with van der Waals surface area (Å²) in [5, 5.41) is 14.1. The Bertz CT molecular complexity index is 1030. The minimum absolute atomic E-state index is 0.0755. The molecule has 0 aromatic carbocycles. The van der Waals surface area contributed by atoms with Crippen LogP contribution < -0.4 is 5.32 Å². The smallest absolute Gasteiger partial charge is 0.163 e. The molecule has 2 aliphatic heterocycles. The topological polar surface area (TPSA) is 61.8 Å². The van der Waals surface area contributed by atoms with Crippen molar-refractivity contribution in [2.24, 2.45) is 35.0 Å². The van der Waals surface area contributed by atoms with Crippen LogP contribution in [0.15, 0.2) is 22.8 Å². The predicted molar refractivity (Wildman–Crippen MR) is 145 cm³/mol. The summed E-state index contributed by atoms with van der Waals surface area (Å²) in [5.41, 5.74) is 3.44. The van der Waals surface area contributed by atoms with E-state index in [1.54, 1.807) is 0 Å². The van der Waals surface area contributed by atoms with Gasteiger partial charge in [-0.3, -0.25) is 9.69 Å². The Morgan fingerprint density at radius 2 is 2.00 bits per heavy atom. The van der Waals surface area contributed by atoms with E-state index in [2.05, 4.69) is 44.0 Å². The fourth-order valence-electron chi connectivity index (χ4n) is 10.3. The summed E-state index contributed by atoms with van der Waals surface area (Å²) in [6.07, 6.45) is 11.9. The molecule has 0 unspecified atom stereocenters. The third-order valence-corrected chi connectivity index (χ3v) is 12.2. The third-order valence-electron chi connectivity index (χ3n) is 12.2. The number of carbonyl (C=O) groups excluding carboxylic acids is 1. The normalized spacial score (nSPS) is 49.5. The van der Waals surface area contributed by atoms with Crippen molar-refractivity contribution in [1.82, 2.24) is 10.2 Å². The van der Waals surface area contributed by atoms with E-state index in [4.69, 9.17) is 4.74 Å². The molecule has 5 heteroatoms. The van der Waals surface area contributed by atoms with E-state index >= 15 is 0 Å². The molecule has 204 valence electrons. The van der Waals surface area contributed by atoms with Gasteiger partial charge >= 0.3 is 0 Å². The number of Topliss-reactive ketones (excluding diaryl/α,β-unsaturated/α-hetero) is 1. The van der Waals surface area contributed by atoms with Crippen LogP contribution in [0.3, 0.4) is 0 Å². The number of likely N-dealkylation sites (tertiary alicyclic amines) is 1. The number of aliphatic hydroxyl groups excluding tert-OH is 1. The molecule has 0 aromatic heterocycles. The highest BCUT2D eigenvalue weighted by Crippen LogP contribution is 2.64. The first kappa shape index (κ1) is 25.0. The summed E-state index contributed by atoms with van der Waals surface area (Å²) in [5.74, 6) is 2.40. The first-order valence-corrected chi connectivity index (χ1v) is 15.5. The zero-order valence-corrected chi connectivity index (χ0v) is 23.5. The Morgan fingerprint density at radius 3 is 2.78 bits per heavy atom. The molecular weight excluding hydrogens is 460 g/mol. The quantitative estimate of drug-likeness (QED) is 0.542. The average Bonchev–Trinajstić information content (AvgIpc) is 3.57. The summed E-state index contributed by atoms with van der Waals surface area (Å²) in [6.45, 7) is 12.8. The molecule has 5 aliphatic carbocycles. The largest absolute Gasteiger partial charge is 0.393 e. The van der Waals surface area contributed by atoms with Gasteiger partial charge < -0.3 is 15.2 Å². The van der Waals surface area contributed by atoms with Crippen molar-refractivity contribution in [3.8, 4) is 0 Å². The third kappa shape index (κ3) is 3.66. The molecule has 5 nitrogen and oxygen atoms in total. The fourth-order valence-corrected chi connectivity index (χ4v) is 10.3. The summed E-state index contributed by atoms with van der Waals surface area (Å²) in [7, 11) is 0. The highest BCUT2D eigenvalue weighted by Gasteiger charge is 2.64. The second-order valence-electron chi connectivity index (χ2n) is 14.4. The molecule has 5 fully saturated rings. The van der Waals surface area contributed by atoms with Gasteiger partial charge in [-0.05, 0) is 93.5 Å². The molecule has 0 amide bonds. The van der Waals surface area contributed by atoms with Crippen LogP contribution in [0.25, 0.3) is 0 Å². The van der Waals surface area contributed by atoms with E-state index in [-0.39, 0.29) is 29.1 Å². The first-order chi connectivity index (χ1) is 17.7. The van der Waals surface area contributed by atoms with Gasteiger partial charge in [0.05, 0.1) is 17.8 Å². The van der Waals surface area contributed by atoms with Crippen molar-refractivity contribution in [2.75, 3.05) is 19.6 Å². The lowest BCUT2D eigenvalue weighted by Crippen LogP contribution is -2.53. The number of fused-ring (bicyclic) bond motifs is 6. The van der Waals surface area contributed by atoms with Gasteiger partial charge in [0.15, 0.2) is 5.78 Å². The zero-order valence-electron chi connectivity index (χ0n) is 23.5. The van der Waals surface area contributed by atoms with E-state index in [0.717, 1.165) is 76.2 Å². The lowest BCUT2D eigenvalue weighted by Gasteiger charge is -2.48. The number of rotatable bonds is 4. The SMILES string of the molecule is CC1=C2C(=O)[C@H]3[C@@H](CC=C4C[C@@H](O)CC[C@@]43C)[C@@H]2CC[C@]12O[C@@H]1C[C@H](C)CN(CCNC3CC3)[C@H]1[C@H]2C. The molecule has 0 radical (unpaired) electrons. The van der Waals surface area contributed by atoms with Crippen LogP contribution in [0.5, 0.6) is 0 Å². The zero-order chi connectivity index (χ0) is 25.7. The maximum Gasteiger partial charge on any atom is 0.163 e. The maximum absolute atomic E-state index is 14.4. The maximum atomic E-state index is 14.4. The molecule has 2 heterocycles. The van der Waals surface area contributed by atoms with Crippen LogP contribution in [-0.4, -0.2) is 65.3 Å². The standard InChI is InChI=1S/C32H48N2O3/c1-18-15-26-29(34(17-18)14-13-33-22-6-7-22)20(3)32(37-26)12-10-24-25-8-5-21-16-23(35)9-11-31(21,4)28(25)30(36)27(24)19(32)2/h5,18,20,22-26,28-29,33,35H,6-17H2,1-4H3/t18-,20+,23-,24-,25-,26+,28+,29-,31-,32-/m0/s1. The molecular formula is C32H48N2O3. The van der Waals surface area contributed by atoms with Gasteiger partial charge in [-0.25, -0.2) is 0 Å². The van der Waals surface area contributed by atoms with E-state index in [9.17, 15) is 9.90 Å². The molecule has 7 rings (SSSR count). The lowest BCUT2D eigenvalue weighted by atomic mass is 9.56. The second-order valence-corrected chi connectivity index (χ2v) is 14.4. The number of hydrogen-bond donors (Lipinski definition) is 2. The minimum Gasteiger partial charge on any atom is -0.393 e. The van der Waals surface area contributed by atoms with Crippen molar-refractivity contribution in [2.45, 2.75) is 115 Å². The highest BCUT2D eigenvalue weighted by atomic mass is 16.5. The predicted octanol–water partition coefficient (Wildman–Crippen LogP) is 4.65. The van der Waals surface area contributed by atoms with Gasteiger partial charge in [-0.15, -0.1) is 0 Å². The number of ether oxygens (including phenoxy) is 1. The number of carbonyl (C=O) groups is 1. The molecule has 0 bridgehead atoms. The van der Waals surface area contributed by atoms with Gasteiger partial charge in [-0.2, -0.15) is 0 Å². The highest BCUT2D eigenvalue weighted by molar-refractivity contribution is 6.02. The van der Waals surface area contributed by atoms with Gasteiger partial charge in [-0.1, -0.05) is 32.4 Å². The number of aliphatic hydroxyl groups is 1. The van der Waals surface area contributed by atoms with Gasteiger partial charge in [0.1, 0.15) is 0 Å². The van der Waals surface area contributed by atoms with Gasteiger partial charge in [0.2, 0.25) is 0 Å². The van der Waals surface area contributed by atoms with Crippen molar-refractivity contribution in [3.63, 3.8) is 0 Å². The molecule has 3 saturated carbocycles. The van der Waals surface area contributed by atoms with Crippen molar-refractivity contribution >= 4 is 5.78 Å². The summed E-state index contributed by atoms with van der Waals surface area (Å²) in [4.78, 5) is 17.1. The minimum atomic E-state index is -0.281. The van der Waals surface area contributed by atoms with Crippen molar-refractivity contribution in [1.29, 1.82) is 0 Å². The Hall–Kier alpha value is -1.01. The number of allylic oxidation sites excluding steroid dienone is 2. The van der Waals surface area contributed by atoms with Gasteiger partial charge in [0.25, 0.3) is 0 Å². The molecule has 1 spiro atoms. The number of ketones is 1. The Kier molecular flexibility index (Phi) is 5.91. The number of hydrogen-bond acceptors (Lipinski definition) is 5. The van der Waals surface area contributed by atoms with Crippen LogP contribution in [0, 0.1) is 35.0 Å². The summed E-state index contributed by atoms with van der Waals surface area (Å²) in [6, 6.07) is 1.21. The van der Waals surface area contributed by atoms with E-state index < -0.39 is 0 Å². The van der Waals surface area contributed by atoms with Crippen LogP contribution in [0.1, 0.15) is 85.5 Å². The van der Waals surface area contributed by atoms with Crippen LogP contribution in [0.2, 0.25) is 0 Å². The molecule has 2 N–H and O–H groups in total. The molecule has 10 atom stereocenters. The number of piperidine rings is 1. The number of nitrogens with zero attached hydrogens (tertiary/aromatic N) is 1. The first-order valence-electron chi connectivity index (χ1n) is 15.5. The Labute approximate surface area is 223 Å². The van der Waals surface area contributed by atoms with Crippen LogP contribution >= 0.6 is 0 Å². The van der Waals surface area contributed by atoms with Crippen molar-refractivity contribution in [3.05, 3.63) is 22.8 Å². The average molecular weight is 509 g/mol. The van der Waals surface area contributed by atoms with Crippen LogP contribution in [-0.2, 0) is 9.53 Å². The monoisotopic (exact) mass is 508 g/mol. The molecule has 37 heavy (non-hydrogen) atoms. The number of nitrogens with one attached hydrogen (secondary N) is 1. The summed E-state index contributed by atoms with van der Waals surface area (Å²) < 4.78 is 7.20. The lowest BCUT2D eigenvalue weighted by molar-refractivity contribution is -0.123. The Morgan fingerprint density at radius 1 is 1.19 bits per heavy atom. The fraction of sp³-hybridized carbons (Fsp3) is 0.844. The Balaban J connectivity index is 1.19. The van der Waals surface area contributed by atoms with E-state index in [0.29, 0.717) is 35.5 Å². The van der Waals surface area contributed by atoms with Crippen molar-refractivity contribution < 1.29 is 14.6 Å². The molecule has 7 aliphatic rings.